The third kappa shape index (κ3) is 1.88. The molecule has 0 amide bonds. The molecule has 0 saturated carbocycles. The minimum atomic E-state index is 0.470. The first-order valence-corrected chi connectivity index (χ1v) is 6.07. The zero-order chi connectivity index (χ0) is 9.26. The Morgan fingerprint density at radius 1 is 1.77 bits per heavy atom. The number of nitrogens with zero attached hydrogens (tertiary/aromatic N) is 2. The van der Waals surface area contributed by atoms with E-state index in [4.69, 9.17) is 4.52 Å². The predicted octanol–water partition coefficient (Wildman–Crippen LogP) is 2.51. The molecule has 1 aliphatic heterocycles. The van der Waals surface area contributed by atoms with Gasteiger partial charge in [0, 0.05) is 6.07 Å². The smallest absolute Gasteiger partial charge is 0.154 e. The van der Waals surface area contributed by atoms with E-state index in [1.807, 2.05) is 6.92 Å². The lowest BCUT2D eigenvalue weighted by atomic mass is 10.1. The number of likely N-dealkylation sites (tertiary alicyclic amines) is 1. The van der Waals surface area contributed by atoms with Gasteiger partial charge in [0.1, 0.15) is 0 Å². The Bertz CT molecular complexity index is 287. The highest BCUT2D eigenvalue weighted by Gasteiger charge is 2.27. The first kappa shape index (κ1) is 9.45. The molecule has 13 heavy (non-hydrogen) atoms. The Morgan fingerprint density at radius 3 is 3.23 bits per heavy atom. The maximum atomic E-state index is 5.29. The van der Waals surface area contributed by atoms with Crippen molar-refractivity contribution in [2.45, 2.75) is 25.8 Å². The van der Waals surface area contributed by atoms with Crippen LogP contribution in [0.1, 0.15) is 30.3 Å². The molecule has 1 aromatic rings. The van der Waals surface area contributed by atoms with E-state index < -0.39 is 0 Å². The molecule has 1 fully saturated rings. The summed E-state index contributed by atoms with van der Waals surface area (Å²) in [5, 5.41) is 3.93. The number of hydrogen-bond acceptors (Lipinski definition) is 3. The van der Waals surface area contributed by atoms with E-state index in [-0.39, 0.29) is 0 Å². The van der Waals surface area contributed by atoms with Gasteiger partial charge in [-0.2, -0.15) is 0 Å². The molecule has 1 aliphatic rings. The zero-order valence-corrected chi connectivity index (χ0v) is 9.82. The fourth-order valence-electron chi connectivity index (χ4n) is 1.83. The van der Waals surface area contributed by atoms with Crippen LogP contribution in [-0.2, 0) is 0 Å². The number of rotatable bonds is 2. The van der Waals surface area contributed by atoms with Crippen molar-refractivity contribution in [3.05, 3.63) is 17.5 Å². The molecule has 0 aromatic carbocycles. The Morgan fingerprint density at radius 2 is 2.62 bits per heavy atom. The van der Waals surface area contributed by atoms with Gasteiger partial charge in [0.05, 0.1) is 16.3 Å². The van der Waals surface area contributed by atoms with Crippen LogP contribution in [0.15, 0.2) is 10.6 Å². The monoisotopic (exact) mass is 292 g/mol. The van der Waals surface area contributed by atoms with Gasteiger partial charge in [0.25, 0.3) is 0 Å². The van der Waals surface area contributed by atoms with E-state index in [0.29, 0.717) is 6.04 Å². The minimum Gasteiger partial charge on any atom is -0.359 e. The van der Waals surface area contributed by atoms with E-state index in [1.54, 1.807) is 0 Å². The highest BCUT2D eigenvalue weighted by Crippen LogP contribution is 2.32. The summed E-state index contributed by atoms with van der Waals surface area (Å²) in [6.07, 6.45) is 2.48. The van der Waals surface area contributed by atoms with E-state index in [0.717, 1.165) is 16.0 Å². The average molecular weight is 292 g/mol. The average Bonchev–Trinajstić information content (AvgIpc) is 2.71. The molecule has 3 nitrogen and oxygen atoms in total. The summed E-state index contributed by atoms with van der Waals surface area (Å²) < 4.78 is 6.36. The van der Waals surface area contributed by atoms with E-state index in [2.05, 4.69) is 38.7 Å². The predicted molar refractivity (Wildman–Crippen MR) is 58.8 cm³/mol. The maximum absolute atomic E-state index is 5.29. The second kappa shape index (κ2) is 3.96. The summed E-state index contributed by atoms with van der Waals surface area (Å²) >= 11 is 2.40. The van der Waals surface area contributed by atoms with Gasteiger partial charge in [-0.3, -0.25) is 4.90 Å². The number of halogens is 1. The molecular weight excluding hydrogens is 279 g/mol. The zero-order valence-electron chi connectivity index (χ0n) is 7.66. The van der Waals surface area contributed by atoms with Crippen molar-refractivity contribution in [2.75, 3.05) is 11.1 Å². The molecule has 1 saturated heterocycles. The largest absolute Gasteiger partial charge is 0.359 e. The van der Waals surface area contributed by atoms with Crippen LogP contribution in [0, 0.1) is 6.92 Å². The molecule has 0 aliphatic carbocycles. The van der Waals surface area contributed by atoms with Gasteiger partial charge in [-0.15, -0.1) is 0 Å². The second-order valence-corrected chi connectivity index (χ2v) is 4.14. The summed E-state index contributed by atoms with van der Waals surface area (Å²) in [7, 11) is 0. The first-order valence-electron chi connectivity index (χ1n) is 4.54. The Balaban J connectivity index is 2.15. The van der Waals surface area contributed by atoms with Crippen LogP contribution < -0.4 is 0 Å². The molecule has 1 aromatic heterocycles. The molecule has 0 bridgehead atoms. The lowest BCUT2D eigenvalue weighted by molar-refractivity contribution is 0.247. The number of aryl methyl sites for hydroxylation is 1. The first-order chi connectivity index (χ1) is 6.31. The third-order valence-electron chi connectivity index (χ3n) is 2.49. The van der Waals surface area contributed by atoms with Crippen LogP contribution in [0.3, 0.4) is 0 Å². The number of aromatic nitrogens is 1. The fourth-order valence-corrected chi connectivity index (χ4v) is 2.65. The quantitative estimate of drug-likeness (QED) is 0.476. The molecule has 1 unspecified atom stereocenters. The highest BCUT2D eigenvalue weighted by molar-refractivity contribution is 14.1. The lowest BCUT2D eigenvalue weighted by Gasteiger charge is -2.18. The Labute approximate surface area is 91.6 Å². The van der Waals surface area contributed by atoms with Crippen molar-refractivity contribution < 1.29 is 4.52 Å². The van der Waals surface area contributed by atoms with Crippen LogP contribution >= 0.6 is 22.6 Å². The fraction of sp³-hybridized carbons (Fsp3) is 0.667. The van der Waals surface area contributed by atoms with E-state index in [9.17, 15) is 0 Å². The van der Waals surface area contributed by atoms with Gasteiger partial charge >= 0.3 is 0 Å². The van der Waals surface area contributed by atoms with E-state index >= 15 is 0 Å². The number of hydrogen-bond donors (Lipinski definition) is 0. The van der Waals surface area contributed by atoms with Gasteiger partial charge in [0.15, 0.2) is 5.76 Å². The molecule has 2 rings (SSSR count). The van der Waals surface area contributed by atoms with Crippen molar-refractivity contribution in [3.8, 4) is 0 Å². The topological polar surface area (TPSA) is 29.3 Å². The SMILES string of the molecule is Cc1cc(C2CCCN2CI)on1. The van der Waals surface area contributed by atoms with Crippen molar-refractivity contribution in [3.63, 3.8) is 0 Å². The molecule has 2 heterocycles. The standard InChI is InChI=1S/C9H13IN2O/c1-7-5-9(13-11-7)8-3-2-4-12(8)6-10/h5,8H,2-4,6H2,1H3. The molecule has 0 spiro atoms. The molecule has 4 heteroatoms. The van der Waals surface area contributed by atoms with Gasteiger partial charge < -0.3 is 4.52 Å². The number of alkyl halides is 1. The van der Waals surface area contributed by atoms with Crippen molar-refractivity contribution in [1.29, 1.82) is 0 Å². The highest BCUT2D eigenvalue weighted by atomic mass is 127. The van der Waals surface area contributed by atoms with Gasteiger partial charge in [-0.25, -0.2) is 0 Å². The van der Waals surface area contributed by atoms with Crippen LogP contribution in [-0.4, -0.2) is 21.2 Å². The normalized spacial score (nSPS) is 24.0. The molecule has 72 valence electrons. The molecular formula is C9H13IN2O. The Hall–Kier alpha value is -0.100. The molecule has 0 N–H and O–H groups in total. The third-order valence-corrected chi connectivity index (χ3v) is 3.37. The Kier molecular flexibility index (Phi) is 2.88. The summed E-state index contributed by atoms with van der Waals surface area (Å²) in [6.45, 7) is 3.16. The van der Waals surface area contributed by atoms with Gasteiger partial charge in [-0.1, -0.05) is 27.7 Å². The minimum absolute atomic E-state index is 0.470. The van der Waals surface area contributed by atoms with Crippen molar-refractivity contribution in [1.82, 2.24) is 10.1 Å². The summed E-state index contributed by atoms with van der Waals surface area (Å²) in [6, 6.07) is 2.52. The van der Waals surface area contributed by atoms with Gasteiger partial charge in [0.2, 0.25) is 0 Å². The summed E-state index contributed by atoms with van der Waals surface area (Å²) in [5.74, 6) is 1.03. The second-order valence-electron chi connectivity index (χ2n) is 3.46. The van der Waals surface area contributed by atoms with Crippen molar-refractivity contribution in [2.24, 2.45) is 0 Å². The van der Waals surface area contributed by atoms with E-state index in [1.165, 1.54) is 19.4 Å². The maximum Gasteiger partial charge on any atom is 0.154 e. The van der Waals surface area contributed by atoms with Crippen LogP contribution in [0.25, 0.3) is 0 Å². The van der Waals surface area contributed by atoms with Crippen LogP contribution in [0.2, 0.25) is 0 Å². The summed E-state index contributed by atoms with van der Waals surface area (Å²) in [4.78, 5) is 2.43. The van der Waals surface area contributed by atoms with Gasteiger partial charge in [-0.05, 0) is 26.3 Å². The van der Waals surface area contributed by atoms with Crippen LogP contribution in [0.4, 0.5) is 0 Å². The lowest BCUT2D eigenvalue weighted by Crippen LogP contribution is -2.20. The van der Waals surface area contributed by atoms with Crippen LogP contribution in [0.5, 0.6) is 0 Å². The molecule has 0 radical (unpaired) electrons. The van der Waals surface area contributed by atoms with Crippen molar-refractivity contribution >= 4 is 22.6 Å². The molecule has 1 atom stereocenters. The summed E-state index contributed by atoms with van der Waals surface area (Å²) in [5.41, 5.74) is 0.982.